The summed E-state index contributed by atoms with van der Waals surface area (Å²) in [5, 5.41) is 0. The van der Waals surface area contributed by atoms with Gasteiger partial charge in [-0.25, -0.2) is 0 Å². The Morgan fingerprint density at radius 2 is 0.409 bits per heavy atom. The summed E-state index contributed by atoms with van der Waals surface area (Å²) in [6.07, 6.45) is 0. The van der Waals surface area contributed by atoms with Gasteiger partial charge in [-0.05, 0) is 247 Å². The summed E-state index contributed by atoms with van der Waals surface area (Å²) in [6, 6.07) is 101. The number of fused-ring (bicyclic) bond motifs is 3. The van der Waals surface area contributed by atoms with Crippen LogP contribution in [0.4, 0.5) is 68.2 Å². The lowest BCUT2D eigenvalue weighted by atomic mass is 9.82. The molecule has 0 aliphatic heterocycles. The van der Waals surface area contributed by atoms with Gasteiger partial charge in [0, 0.05) is 73.7 Å². The molecule has 88 heavy (non-hydrogen) atoms. The Hall–Kier alpha value is -10.8. The number of aryl methyl sites for hydroxylation is 3. The minimum Gasteiger partial charge on any atom is -0.497 e. The van der Waals surface area contributed by atoms with E-state index in [9.17, 15) is 0 Å². The summed E-state index contributed by atoms with van der Waals surface area (Å²) in [6.45, 7) is 11.1. The number of hydrogen-bond donors (Lipinski definition) is 0. The second-order valence-corrected chi connectivity index (χ2v) is 23.2. The highest BCUT2D eigenvalue weighted by Crippen LogP contribution is 2.53. The average Bonchev–Trinajstić information content (AvgIpc) is 2.35. The summed E-state index contributed by atoms with van der Waals surface area (Å²) >= 11 is 0. The average molecular weight is 1150 g/mol. The maximum Gasteiger partial charge on any atom is 0.119 e. The molecular formula is C81H70N4O3. The minimum absolute atomic E-state index is 0.321. The number of nitrogens with zero attached hydrogens (tertiary/aromatic N) is 4. The Morgan fingerprint density at radius 1 is 0.227 bits per heavy atom. The molecule has 0 bridgehead atoms. The van der Waals surface area contributed by atoms with Crippen molar-refractivity contribution in [3.8, 4) is 50.6 Å². The van der Waals surface area contributed by atoms with Crippen LogP contribution in [0.1, 0.15) is 41.7 Å². The zero-order valence-electron chi connectivity index (χ0n) is 51.1. The fourth-order valence-electron chi connectivity index (χ4n) is 12.3. The fraction of sp³-hybridized carbons (Fsp3) is 0.111. The van der Waals surface area contributed by atoms with Crippen LogP contribution in [0.25, 0.3) is 33.4 Å². The normalized spacial score (nSPS) is 12.0. The van der Waals surface area contributed by atoms with Crippen molar-refractivity contribution in [2.24, 2.45) is 0 Å². The molecular weight excluding hydrogens is 1080 g/mol. The molecule has 12 aromatic rings. The molecule has 1 aliphatic rings. The highest BCUT2D eigenvalue weighted by atomic mass is 16.5. The van der Waals surface area contributed by atoms with Crippen LogP contribution in [0, 0.1) is 20.8 Å². The third-order valence-corrected chi connectivity index (χ3v) is 17.2. The predicted molar refractivity (Wildman–Crippen MR) is 367 cm³/mol. The highest BCUT2D eigenvalue weighted by molar-refractivity contribution is 5.90. The van der Waals surface area contributed by atoms with Gasteiger partial charge in [0.2, 0.25) is 0 Å². The van der Waals surface area contributed by atoms with Crippen LogP contribution in [0.15, 0.2) is 279 Å². The lowest BCUT2D eigenvalue weighted by Crippen LogP contribution is -2.17. The van der Waals surface area contributed by atoms with E-state index in [0.717, 1.165) is 108 Å². The molecule has 7 heteroatoms. The molecule has 0 spiro atoms. The van der Waals surface area contributed by atoms with Crippen molar-refractivity contribution in [1.29, 1.82) is 0 Å². The molecule has 0 fully saturated rings. The van der Waals surface area contributed by atoms with Crippen LogP contribution in [0.3, 0.4) is 0 Å². The topological polar surface area (TPSA) is 40.7 Å². The molecule has 12 aromatic carbocycles. The van der Waals surface area contributed by atoms with Crippen LogP contribution in [-0.2, 0) is 5.41 Å². The zero-order chi connectivity index (χ0) is 60.5. The second kappa shape index (κ2) is 24.0. The molecule has 0 aromatic heterocycles. The molecule has 1 aliphatic carbocycles. The Bertz CT molecular complexity index is 4370. The summed E-state index contributed by atoms with van der Waals surface area (Å²) in [5.74, 6) is 2.46. The van der Waals surface area contributed by atoms with Gasteiger partial charge in [-0.1, -0.05) is 128 Å². The van der Waals surface area contributed by atoms with Crippen LogP contribution in [0.5, 0.6) is 17.2 Å². The molecule has 0 unspecified atom stereocenters. The number of rotatable bonds is 17. The maximum absolute atomic E-state index is 5.65. The third-order valence-electron chi connectivity index (χ3n) is 17.2. The maximum atomic E-state index is 5.65. The Kier molecular flexibility index (Phi) is 15.3. The molecule has 0 atom stereocenters. The first kappa shape index (κ1) is 56.4. The second-order valence-electron chi connectivity index (χ2n) is 23.2. The van der Waals surface area contributed by atoms with E-state index < -0.39 is 0 Å². The van der Waals surface area contributed by atoms with E-state index in [1.165, 1.54) is 38.9 Å². The van der Waals surface area contributed by atoms with Gasteiger partial charge >= 0.3 is 0 Å². The first-order chi connectivity index (χ1) is 42.9. The SMILES string of the molecule is COc1ccc(N(c2ccc(C)cc2)c2ccc(-c3ccc(N(c4ccc(C)cc4)c4ccc5c(c4)C(C)(C)c4cc(N(c6ccc(OC)cc6)c6ccc(-c7ccc(N(c8ccc(C)cc8)c8ccc(OC)cc8)cc7)cc6)ccc4-5)cc3)cc2)cc1. The molecule has 0 saturated carbocycles. The number of benzene rings is 12. The van der Waals surface area contributed by atoms with E-state index in [0.29, 0.717) is 0 Å². The first-order valence-corrected chi connectivity index (χ1v) is 30.0. The number of methoxy groups -OCH3 is 3. The zero-order valence-corrected chi connectivity index (χ0v) is 51.1. The van der Waals surface area contributed by atoms with Crippen molar-refractivity contribution in [3.63, 3.8) is 0 Å². The quantitative estimate of drug-likeness (QED) is 0.0900. The molecule has 0 amide bonds. The van der Waals surface area contributed by atoms with Gasteiger partial charge in [0.05, 0.1) is 21.3 Å². The van der Waals surface area contributed by atoms with Crippen LogP contribution in [0.2, 0.25) is 0 Å². The largest absolute Gasteiger partial charge is 0.497 e. The Labute approximate surface area is 518 Å². The first-order valence-electron chi connectivity index (χ1n) is 30.0. The monoisotopic (exact) mass is 1150 g/mol. The lowest BCUT2D eigenvalue weighted by molar-refractivity contribution is 0.414. The van der Waals surface area contributed by atoms with Crippen molar-refractivity contribution in [3.05, 3.63) is 307 Å². The van der Waals surface area contributed by atoms with Crippen molar-refractivity contribution < 1.29 is 14.2 Å². The van der Waals surface area contributed by atoms with E-state index in [-0.39, 0.29) is 5.41 Å². The predicted octanol–water partition coefficient (Wildman–Crippen LogP) is 22.2. The van der Waals surface area contributed by atoms with E-state index in [4.69, 9.17) is 14.2 Å². The number of ether oxygens (including phenoxy) is 3. The van der Waals surface area contributed by atoms with Crippen LogP contribution >= 0.6 is 0 Å². The van der Waals surface area contributed by atoms with Crippen molar-refractivity contribution >= 4 is 68.2 Å². The van der Waals surface area contributed by atoms with Crippen LogP contribution < -0.4 is 33.8 Å². The third kappa shape index (κ3) is 11.1. The minimum atomic E-state index is -0.321. The molecule has 7 nitrogen and oxygen atoms in total. The van der Waals surface area contributed by atoms with Gasteiger partial charge in [-0.3, -0.25) is 0 Å². The molecule has 0 heterocycles. The van der Waals surface area contributed by atoms with Gasteiger partial charge in [0.15, 0.2) is 0 Å². The van der Waals surface area contributed by atoms with E-state index in [1.807, 2.05) is 36.4 Å². The van der Waals surface area contributed by atoms with Crippen molar-refractivity contribution in [2.75, 3.05) is 40.9 Å². The standard InChI is InChI=1S/C81H70N4O3/c1-55-9-23-62(24-10-55)82(69-37-45-74(86-6)46-38-69)65-29-15-58(16-30-65)60-19-33-67(34-20-60)84(64-27-13-57(3)14-28-64)72-43-51-77-78-52-44-73(54-80(78)81(4,5)79(77)53-72)85(71-41-49-76(88-8)50-42-71)68-35-21-61(22-36-68)59-17-31-66(32-18-59)83(63-25-11-56(2)12-26-63)70-39-47-75(87-7)48-40-70/h9-54H,1-8H3. The Balaban J connectivity index is 0.792. The molecule has 0 N–H and O–H groups in total. The molecule has 432 valence electrons. The lowest BCUT2D eigenvalue weighted by Gasteiger charge is -2.29. The summed E-state index contributed by atoms with van der Waals surface area (Å²) < 4.78 is 16.7. The summed E-state index contributed by atoms with van der Waals surface area (Å²) in [7, 11) is 5.11. The molecule has 0 saturated heterocycles. The van der Waals surface area contributed by atoms with Gasteiger partial charge in [-0.15, -0.1) is 0 Å². The van der Waals surface area contributed by atoms with Gasteiger partial charge < -0.3 is 33.8 Å². The van der Waals surface area contributed by atoms with Gasteiger partial charge in [-0.2, -0.15) is 0 Å². The van der Waals surface area contributed by atoms with E-state index >= 15 is 0 Å². The highest BCUT2D eigenvalue weighted by Gasteiger charge is 2.37. The summed E-state index contributed by atoms with van der Waals surface area (Å²) in [5.41, 5.74) is 25.8. The number of hydrogen-bond acceptors (Lipinski definition) is 7. The fourth-order valence-corrected chi connectivity index (χ4v) is 12.3. The summed E-state index contributed by atoms with van der Waals surface area (Å²) in [4.78, 5) is 9.30. The van der Waals surface area contributed by atoms with Gasteiger partial charge in [0.25, 0.3) is 0 Å². The van der Waals surface area contributed by atoms with Crippen molar-refractivity contribution in [2.45, 2.75) is 40.0 Å². The van der Waals surface area contributed by atoms with E-state index in [2.05, 4.69) is 297 Å². The van der Waals surface area contributed by atoms with Crippen LogP contribution in [-0.4, -0.2) is 21.3 Å². The van der Waals surface area contributed by atoms with Crippen molar-refractivity contribution in [1.82, 2.24) is 0 Å². The van der Waals surface area contributed by atoms with Gasteiger partial charge in [0.1, 0.15) is 17.2 Å². The smallest absolute Gasteiger partial charge is 0.119 e. The molecule has 0 radical (unpaired) electrons. The number of anilines is 12. The molecule has 13 rings (SSSR count). The van der Waals surface area contributed by atoms with E-state index in [1.54, 1.807) is 21.3 Å². The Morgan fingerprint density at radius 3 is 0.625 bits per heavy atom.